The van der Waals surface area contributed by atoms with Gasteiger partial charge in [0.2, 0.25) is 6.79 Å². The Hall–Kier alpha value is -2.07. The summed E-state index contributed by atoms with van der Waals surface area (Å²) in [6, 6.07) is 5.24. The predicted octanol–water partition coefficient (Wildman–Crippen LogP) is 1.54. The molecule has 1 aliphatic rings. The second kappa shape index (κ2) is 5.51. The van der Waals surface area contributed by atoms with Crippen molar-refractivity contribution in [3.8, 4) is 17.6 Å². The summed E-state index contributed by atoms with van der Waals surface area (Å²) < 4.78 is 11.2. The monoisotopic (exact) mass is 309 g/mol. The van der Waals surface area contributed by atoms with E-state index in [-0.39, 0.29) is 13.2 Å². The molecule has 0 spiro atoms. The topological polar surface area (TPSA) is 83.7 Å². The van der Waals surface area contributed by atoms with Crippen LogP contribution in [0.25, 0.3) is 0 Å². The molecule has 0 atom stereocenters. The van der Waals surface area contributed by atoms with Crippen LogP contribution < -0.4 is 14.9 Å². The van der Waals surface area contributed by atoms with Crippen LogP contribution in [0.5, 0.6) is 11.5 Å². The van der Waals surface area contributed by atoms with Gasteiger partial charge in [0, 0.05) is 10.0 Å². The van der Waals surface area contributed by atoms with E-state index in [1.165, 1.54) is 6.21 Å². The fourth-order valence-corrected chi connectivity index (χ4v) is 1.74. The SMILES string of the molecule is N#CCC(=O)N/N=C/c1cc2c(cc1Br)OCO2. The zero-order valence-electron chi connectivity index (χ0n) is 9.14. The van der Waals surface area contributed by atoms with Crippen molar-refractivity contribution < 1.29 is 14.3 Å². The summed E-state index contributed by atoms with van der Waals surface area (Å²) in [5, 5.41) is 12.0. The van der Waals surface area contributed by atoms with Crippen molar-refractivity contribution >= 4 is 28.1 Å². The molecule has 0 radical (unpaired) electrons. The number of hydrogen-bond acceptors (Lipinski definition) is 5. The van der Waals surface area contributed by atoms with Crippen LogP contribution in [0.2, 0.25) is 0 Å². The van der Waals surface area contributed by atoms with Gasteiger partial charge in [0.1, 0.15) is 6.42 Å². The Morgan fingerprint density at radius 3 is 3.00 bits per heavy atom. The van der Waals surface area contributed by atoms with Gasteiger partial charge in [0.25, 0.3) is 5.91 Å². The van der Waals surface area contributed by atoms with Crippen LogP contribution in [-0.4, -0.2) is 18.9 Å². The molecule has 1 aromatic rings. The van der Waals surface area contributed by atoms with Gasteiger partial charge < -0.3 is 9.47 Å². The molecule has 0 saturated carbocycles. The summed E-state index contributed by atoms with van der Waals surface area (Å²) in [7, 11) is 0. The minimum atomic E-state index is -0.453. The number of halogens is 1. The van der Waals surface area contributed by atoms with Crippen molar-refractivity contribution in [3.63, 3.8) is 0 Å². The van der Waals surface area contributed by atoms with Gasteiger partial charge in [-0.25, -0.2) is 5.43 Å². The standard InChI is InChI=1S/C11H8BrN3O3/c12-8-4-10-9(17-6-18-10)3-7(8)5-14-15-11(16)1-2-13/h3-5H,1,6H2,(H,15,16)/b14-5+. The van der Waals surface area contributed by atoms with Crippen LogP contribution in [0, 0.1) is 11.3 Å². The summed E-state index contributed by atoms with van der Waals surface area (Å²) in [4.78, 5) is 11.0. The Balaban J connectivity index is 2.08. The van der Waals surface area contributed by atoms with Crippen LogP contribution in [0.1, 0.15) is 12.0 Å². The van der Waals surface area contributed by atoms with Gasteiger partial charge in [0.05, 0.1) is 12.3 Å². The molecular weight excluding hydrogens is 302 g/mol. The Morgan fingerprint density at radius 1 is 1.56 bits per heavy atom. The number of hydrazone groups is 1. The average Bonchev–Trinajstić information content (AvgIpc) is 2.76. The maximum atomic E-state index is 11.0. The molecule has 2 rings (SSSR count). The van der Waals surface area contributed by atoms with Crippen molar-refractivity contribution in [2.45, 2.75) is 6.42 Å². The smallest absolute Gasteiger partial charge is 0.254 e. The lowest BCUT2D eigenvalue weighted by Gasteiger charge is -2.01. The predicted molar refractivity (Wildman–Crippen MR) is 66.2 cm³/mol. The summed E-state index contributed by atoms with van der Waals surface area (Å²) in [5.74, 6) is 0.834. The normalized spacial score (nSPS) is 12.4. The van der Waals surface area contributed by atoms with Crippen LogP contribution in [0.3, 0.4) is 0 Å². The molecule has 0 saturated heterocycles. The lowest BCUT2D eigenvalue weighted by atomic mass is 10.2. The van der Waals surface area contributed by atoms with Crippen molar-refractivity contribution in [1.82, 2.24) is 5.43 Å². The zero-order chi connectivity index (χ0) is 13.0. The first-order valence-electron chi connectivity index (χ1n) is 4.98. The Bertz CT molecular complexity index is 551. The first-order chi connectivity index (χ1) is 8.70. The summed E-state index contributed by atoms with van der Waals surface area (Å²) in [6.07, 6.45) is 1.24. The molecule has 0 aliphatic carbocycles. The molecule has 1 aromatic carbocycles. The van der Waals surface area contributed by atoms with Gasteiger partial charge >= 0.3 is 0 Å². The Morgan fingerprint density at radius 2 is 2.28 bits per heavy atom. The van der Waals surface area contributed by atoms with E-state index in [0.717, 1.165) is 10.0 Å². The van der Waals surface area contributed by atoms with Crippen molar-refractivity contribution in [2.75, 3.05) is 6.79 Å². The number of carbonyl (C=O) groups is 1. The fourth-order valence-electron chi connectivity index (χ4n) is 1.32. The molecular formula is C11H8BrN3O3. The molecule has 18 heavy (non-hydrogen) atoms. The first kappa shape index (κ1) is 12.4. The van der Waals surface area contributed by atoms with Crippen molar-refractivity contribution in [2.24, 2.45) is 5.10 Å². The van der Waals surface area contributed by atoms with Gasteiger partial charge in [-0.1, -0.05) is 0 Å². The second-order valence-electron chi connectivity index (χ2n) is 3.36. The number of carbonyl (C=O) groups excluding carboxylic acids is 1. The zero-order valence-corrected chi connectivity index (χ0v) is 10.7. The largest absolute Gasteiger partial charge is 0.454 e. The number of nitriles is 1. The van der Waals surface area contributed by atoms with Gasteiger partial charge in [-0.05, 0) is 28.1 Å². The fraction of sp³-hybridized carbons (Fsp3) is 0.182. The number of fused-ring (bicyclic) bond motifs is 1. The molecule has 0 bridgehead atoms. The highest BCUT2D eigenvalue weighted by Gasteiger charge is 2.15. The third-order valence-electron chi connectivity index (χ3n) is 2.12. The van der Waals surface area contributed by atoms with E-state index in [1.54, 1.807) is 18.2 Å². The highest BCUT2D eigenvalue weighted by atomic mass is 79.9. The average molecular weight is 310 g/mol. The third-order valence-corrected chi connectivity index (χ3v) is 2.81. The van der Waals surface area contributed by atoms with Gasteiger partial charge in [0.15, 0.2) is 11.5 Å². The van der Waals surface area contributed by atoms with E-state index in [0.29, 0.717) is 11.5 Å². The quantitative estimate of drug-likeness (QED) is 0.678. The van der Waals surface area contributed by atoms with E-state index in [4.69, 9.17) is 14.7 Å². The van der Waals surface area contributed by atoms with E-state index in [9.17, 15) is 4.79 Å². The lowest BCUT2D eigenvalue weighted by molar-refractivity contribution is -0.120. The molecule has 1 aliphatic heterocycles. The lowest BCUT2D eigenvalue weighted by Crippen LogP contribution is -2.16. The number of amides is 1. The van der Waals surface area contributed by atoms with Gasteiger partial charge in [-0.15, -0.1) is 0 Å². The minimum Gasteiger partial charge on any atom is -0.454 e. The second-order valence-corrected chi connectivity index (χ2v) is 4.21. The number of nitrogens with one attached hydrogen (secondary N) is 1. The Labute approximate surface area is 111 Å². The van der Waals surface area contributed by atoms with Crippen LogP contribution in [0.15, 0.2) is 21.7 Å². The minimum absolute atomic E-state index is 0.196. The molecule has 7 heteroatoms. The summed E-state index contributed by atoms with van der Waals surface area (Å²) >= 11 is 3.36. The number of nitrogens with zero attached hydrogens (tertiary/aromatic N) is 2. The summed E-state index contributed by atoms with van der Waals surface area (Å²) in [6.45, 7) is 0.196. The molecule has 0 unspecified atom stereocenters. The van der Waals surface area contributed by atoms with Crippen molar-refractivity contribution in [1.29, 1.82) is 5.26 Å². The van der Waals surface area contributed by atoms with Crippen LogP contribution >= 0.6 is 15.9 Å². The van der Waals surface area contributed by atoms with Crippen LogP contribution in [-0.2, 0) is 4.79 Å². The van der Waals surface area contributed by atoms with E-state index < -0.39 is 5.91 Å². The maximum Gasteiger partial charge on any atom is 0.254 e. The molecule has 0 fully saturated rings. The number of rotatable bonds is 3. The highest BCUT2D eigenvalue weighted by Crippen LogP contribution is 2.36. The number of hydrogen-bond donors (Lipinski definition) is 1. The van der Waals surface area contributed by atoms with Gasteiger partial charge in [-0.3, -0.25) is 4.79 Å². The molecule has 1 heterocycles. The van der Waals surface area contributed by atoms with Gasteiger partial charge in [-0.2, -0.15) is 10.4 Å². The molecule has 6 nitrogen and oxygen atoms in total. The molecule has 1 N–H and O–H groups in total. The van der Waals surface area contributed by atoms with Crippen LogP contribution in [0.4, 0.5) is 0 Å². The first-order valence-corrected chi connectivity index (χ1v) is 5.78. The number of benzene rings is 1. The van der Waals surface area contributed by atoms with E-state index >= 15 is 0 Å². The Kier molecular flexibility index (Phi) is 3.79. The maximum absolute atomic E-state index is 11.0. The van der Waals surface area contributed by atoms with E-state index in [2.05, 4.69) is 26.5 Å². The molecule has 92 valence electrons. The van der Waals surface area contributed by atoms with E-state index in [1.807, 2.05) is 0 Å². The molecule has 1 amide bonds. The van der Waals surface area contributed by atoms with Crippen molar-refractivity contribution in [3.05, 3.63) is 22.2 Å². The highest BCUT2D eigenvalue weighted by molar-refractivity contribution is 9.10. The third kappa shape index (κ3) is 2.78. The number of ether oxygens (including phenoxy) is 2. The summed E-state index contributed by atoms with van der Waals surface area (Å²) in [5.41, 5.74) is 2.97. The molecule has 0 aromatic heterocycles.